The van der Waals surface area contributed by atoms with E-state index in [0.717, 1.165) is 17.7 Å². The second kappa shape index (κ2) is 12.8. The molecule has 0 saturated heterocycles. The van der Waals surface area contributed by atoms with Gasteiger partial charge in [-0.15, -0.1) is 0 Å². The lowest BCUT2D eigenvalue weighted by Crippen LogP contribution is -2.53. The number of carbonyl (C=O) groups excluding carboxylic acids is 2. The van der Waals surface area contributed by atoms with Crippen molar-refractivity contribution in [3.63, 3.8) is 0 Å². The van der Waals surface area contributed by atoms with Crippen molar-refractivity contribution in [1.82, 2.24) is 20.0 Å². The number of hydrogen-bond acceptors (Lipinski definition) is 5. The van der Waals surface area contributed by atoms with Gasteiger partial charge >= 0.3 is 6.09 Å². The smallest absolute Gasteiger partial charge is 0.407 e. The van der Waals surface area contributed by atoms with Crippen LogP contribution in [0.5, 0.6) is 5.75 Å². The van der Waals surface area contributed by atoms with Crippen molar-refractivity contribution in [1.29, 1.82) is 0 Å². The normalized spacial score (nSPS) is 12.5. The van der Waals surface area contributed by atoms with Crippen molar-refractivity contribution in [2.24, 2.45) is 0 Å². The lowest BCUT2D eigenvalue weighted by Gasteiger charge is -2.29. The van der Waals surface area contributed by atoms with Crippen LogP contribution >= 0.6 is 0 Å². The first-order valence-corrected chi connectivity index (χ1v) is 13.0. The fraction of sp³-hybridized carbons (Fsp3) is 0.300. The van der Waals surface area contributed by atoms with Gasteiger partial charge < -0.3 is 20.1 Å². The van der Waals surface area contributed by atoms with Gasteiger partial charge in [-0.2, -0.15) is 0 Å². The summed E-state index contributed by atoms with van der Waals surface area (Å²) in [6, 6.07) is 14.1. The summed E-state index contributed by atoms with van der Waals surface area (Å²) in [5.41, 5.74) is 0.534. The first-order valence-electron chi connectivity index (χ1n) is 13.0. The first-order chi connectivity index (χ1) is 19.6. The second-order valence-electron chi connectivity index (χ2n) is 9.86. The van der Waals surface area contributed by atoms with Gasteiger partial charge in [0.1, 0.15) is 37.2 Å². The third-order valence-corrected chi connectivity index (χ3v) is 6.76. The van der Waals surface area contributed by atoms with Gasteiger partial charge in [0.05, 0.1) is 16.8 Å². The van der Waals surface area contributed by atoms with E-state index >= 15 is 0 Å². The lowest BCUT2D eigenvalue weighted by atomic mass is 9.99. The zero-order valence-electron chi connectivity index (χ0n) is 23.0. The predicted octanol–water partition coefficient (Wildman–Crippen LogP) is 5.79. The molecule has 2 amide bonds. The summed E-state index contributed by atoms with van der Waals surface area (Å²) in [4.78, 5) is 30.2. The van der Waals surface area contributed by atoms with Gasteiger partial charge in [0.25, 0.3) is 5.91 Å². The van der Waals surface area contributed by atoms with Crippen molar-refractivity contribution in [3.05, 3.63) is 101 Å². The minimum atomic E-state index is -0.873. The molecular weight excluding hydrogens is 537 g/mol. The number of aryl methyl sites for hydroxylation is 1. The van der Waals surface area contributed by atoms with Crippen LogP contribution < -0.4 is 15.4 Å². The summed E-state index contributed by atoms with van der Waals surface area (Å²) in [7, 11) is 0. The average Bonchev–Trinajstić information content (AvgIpc) is 3.30. The van der Waals surface area contributed by atoms with E-state index < -0.39 is 42.5 Å². The van der Waals surface area contributed by atoms with Crippen LogP contribution in [0.15, 0.2) is 60.8 Å². The Morgan fingerprint density at radius 2 is 1.73 bits per heavy atom. The molecule has 0 fully saturated rings. The molecule has 0 radical (unpaired) electrons. The number of fused-ring (bicyclic) bond motifs is 1. The van der Waals surface area contributed by atoms with E-state index in [-0.39, 0.29) is 41.4 Å². The Morgan fingerprint density at radius 1 is 1.02 bits per heavy atom. The molecule has 11 heteroatoms. The summed E-state index contributed by atoms with van der Waals surface area (Å²) < 4.78 is 54.3. The number of nitrogens with zero attached hydrogens (tertiary/aromatic N) is 2. The van der Waals surface area contributed by atoms with Crippen molar-refractivity contribution in [3.8, 4) is 5.75 Å². The van der Waals surface area contributed by atoms with E-state index in [1.807, 2.05) is 37.3 Å². The molecule has 8 nitrogen and oxygen atoms in total. The highest BCUT2D eigenvalue weighted by Gasteiger charge is 2.28. The molecule has 4 rings (SSSR count). The average molecular weight is 569 g/mol. The molecule has 2 aromatic carbocycles. The van der Waals surface area contributed by atoms with E-state index in [1.54, 1.807) is 13.8 Å². The molecule has 0 aliphatic carbocycles. The highest BCUT2D eigenvalue weighted by Crippen LogP contribution is 2.27. The molecule has 0 aliphatic rings. The van der Waals surface area contributed by atoms with Gasteiger partial charge in [-0.1, -0.05) is 43.3 Å². The number of imidazole rings is 1. The highest BCUT2D eigenvalue weighted by molar-refractivity contribution is 5.95. The van der Waals surface area contributed by atoms with E-state index in [9.17, 15) is 22.8 Å². The minimum absolute atomic E-state index is 0.0613. The SMILES string of the molecule is CCC(C)(CNC(=O)c1c(C)nc2c(OCc3c(F)cccc3F)cc(CF)cn12)NC(=O)OCc1ccccc1. The maximum absolute atomic E-state index is 14.1. The number of rotatable bonds is 11. The van der Waals surface area contributed by atoms with E-state index in [0.29, 0.717) is 12.1 Å². The molecule has 216 valence electrons. The van der Waals surface area contributed by atoms with Gasteiger partial charge in [0.15, 0.2) is 11.4 Å². The fourth-order valence-electron chi connectivity index (χ4n) is 4.18. The van der Waals surface area contributed by atoms with Crippen LogP contribution in [0.2, 0.25) is 0 Å². The number of ether oxygens (including phenoxy) is 2. The van der Waals surface area contributed by atoms with Gasteiger partial charge in [0, 0.05) is 18.3 Å². The van der Waals surface area contributed by atoms with Crippen LogP contribution in [0.1, 0.15) is 53.1 Å². The van der Waals surface area contributed by atoms with Crippen molar-refractivity contribution >= 4 is 17.6 Å². The third kappa shape index (κ3) is 6.97. The number of hydrogen-bond donors (Lipinski definition) is 2. The van der Waals surface area contributed by atoms with Crippen molar-refractivity contribution in [2.45, 2.75) is 52.6 Å². The van der Waals surface area contributed by atoms with Crippen LogP contribution in [-0.4, -0.2) is 33.5 Å². The molecule has 4 aromatic rings. The zero-order valence-corrected chi connectivity index (χ0v) is 23.0. The highest BCUT2D eigenvalue weighted by atomic mass is 19.1. The van der Waals surface area contributed by atoms with Crippen LogP contribution in [0.25, 0.3) is 5.65 Å². The van der Waals surface area contributed by atoms with E-state index in [4.69, 9.17) is 9.47 Å². The molecule has 2 N–H and O–H groups in total. The number of pyridine rings is 1. The summed E-state index contributed by atoms with van der Waals surface area (Å²) >= 11 is 0. The standard InChI is InChI=1S/C30H31F3N4O4/c1-4-30(3,36-29(39)41-16-20-9-6-5-7-10-20)18-34-28(38)26-19(2)35-27-25(13-21(14-31)15-37(26)27)40-17-22-23(32)11-8-12-24(22)33/h5-13,15H,4,14,16-18H2,1-3H3,(H,34,38)(H,36,39). The van der Waals surface area contributed by atoms with E-state index in [1.165, 1.54) is 22.7 Å². The number of benzene rings is 2. The Hall–Kier alpha value is -4.54. The molecule has 1 unspecified atom stereocenters. The molecule has 0 bridgehead atoms. The number of halogens is 3. The van der Waals surface area contributed by atoms with Crippen molar-refractivity contribution < 1.29 is 32.2 Å². The quantitative estimate of drug-likeness (QED) is 0.239. The number of amides is 2. The van der Waals surface area contributed by atoms with Gasteiger partial charge in [-0.3, -0.25) is 9.20 Å². The summed E-state index contributed by atoms with van der Waals surface area (Å²) in [5, 5.41) is 5.62. The summed E-state index contributed by atoms with van der Waals surface area (Å²) in [5.74, 6) is -2.01. The first kappa shape index (κ1) is 29.4. The summed E-state index contributed by atoms with van der Waals surface area (Å²) in [6.45, 7) is 4.07. The number of carbonyl (C=O) groups is 2. The topological polar surface area (TPSA) is 94.0 Å². The molecular formula is C30H31F3N4O4. The molecule has 2 aromatic heterocycles. The number of nitrogens with one attached hydrogen (secondary N) is 2. The van der Waals surface area contributed by atoms with Crippen molar-refractivity contribution in [2.75, 3.05) is 6.54 Å². The largest absolute Gasteiger partial charge is 0.485 e. The Bertz CT molecular complexity index is 1520. The summed E-state index contributed by atoms with van der Waals surface area (Å²) in [6.07, 6.45) is 1.27. The molecule has 2 heterocycles. The monoisotopic (exact) mass is 568 g/mol. The predicted molar refractivity (Wildman–Crippen MR) is 146 cm³/mol. The van der Waals surface area contributed by atoms with Crippen LogP contribution in [0.4, 0.5) is 18.0 Å². The molecule has 41 heavy (non-hydrogen) atoms. The second-order valence-corrected chi connectivity index (χ2v) is 9.86. The minimum Gasteiger partial charge on any atom is -0.485 e. The van der Waals surface area contributed by atoms with Crippen LogP contribution in [0.3, 0.4) is 0 Å². The van der Waals surface area contributed by atoms with Crippen LogP contribution in [-0.2, 0) is 24.6 Å². The Morgan fingerprint density at radius 3 is 2.39 bits per heavy atom. The lowest BCUT2D eigenvalue weighted by molar-refractivity contribution is 0.0923. The number of alkyl carbamates (subject to hydrolysis) is 1. The van der Waals surface area contributed by atoms with E-state index in [2.05, 4.69) is 15.6 Å². The Balaban J connectivity index is 1.49. The zero-order chi connectivity index (χ0) is 29.6. The number of alkyl halides is 1. The molecule has 0 saturated carbocycles. The maximum Gasteiger partial charge on any atom is 0.407 e. The molecule has 0 spiro atoms. The van der Waals surface area contributed by atoms with Gasteiger partial charge in [-0.25, -0.2) is 22.9 Å². The maximum atomic E-state index is 14.1. The van der Waals surface area contributed by atoms with Gasteiger partial charge in [-0.05, 0) is 44.0 Å². The van der Waals surface area contributed by atoms with Crippen LogP contribution in [0, 0.1) is 18.6 Å². The fourth-order valence-corrected chi connectivity index (χ4v) is 4.18. The molecule has 1 atom stereocenters. The molecule has 0 aliphatic heterocycles. The Labute approximate surface area is 235 Å². The number of aromatic nitrogens is 2. The Kier molecular flexibility index (Phi) is 9.16. The third-order valence-electron chi connectivity index (χ3n) is 6.76. The van der Waals surface area contributed by atoms with Gasteiger partial charge in [0.2, 0.25) is 0 Å².